The average Bonchev–Trinajstić information content (AvgIpc) is 3.78. The highest BCUT2D eigenvalue weighted by molar-refractivity contribution is 6.20. The summed E-state index contributed by atoms with van der Waals surface area (Å²) in [7, 11) is 0. The van der Waals surface area contributed by atoms with Gasteiger partial charge in [-0.05, 0) is 165 Å². The van der Waals surface area contributed by atoms with Crippen LogP contribution in [0, 0.1) is 0 Å². The molecule has 0 spiro atoms. The minimum Gasteiger partial charge on any atom is -0.381 e. The predicted octanol–water partition coefficient (Wildman–Crippen LogP) is 13.5. The van der Waals surface area contributed by atoms with E-state index in [0.29, 0.717) is 0 Å². The Morgan fingerprint density at radius 3 is 1.46 bits per heavy atom. The molecule has 2 N–H and O–H groups in total. The summed E-state index contributed by atoms with van der Waals surface area (Å²) in [4.78, 5) is 0. The van der Waals surface area contributed by atoms with E-state index in [1.54, 1.807) is 0 Å². The first-order chi connectivity index (χ1) is 27.8. The molecule has 0 aromatic heterocycles. The summed E-state index contributed by atoms with van der Waals surface area (Å²) in [6.07, 6.45) is 15.0. The van der Waals surface area contributed by atoms with Crippen molar-refractivity contribution in [1.29, 1.82) is 0 Å². The van der Waals surface area contributed by atoms with Gasteiger partial charge < -0.3 is 10.6 Å². The Labute approximate surface area is 326 Å². The Bertz CT molecular complexity index is 2910. The maximum absolute atomic E-state index is 3.63. The summed E-state index contributed by atoms with van der Waals surface area (Å²) >= 11 is 0. The molecule has 262 valence electrons. The lowest BCUT2D eigenvalue weighted by molar-refractivity contribution is 0.746. The van der Waals surface area contributed by atoms with Crippen LogP contribution in [0.4, 0.5) is 0 Å². The molecule has 2 aliphatic heterocycles. The third-order valence-electron chi connectivity index (χ3n) is 12.2. The Kier molecular flexibility index (Phi) is 6.79. The molecule has 56 heavy (non-hydrogen) atoms. The van der Waals surface area contributed by atoms with E-state index in [9.17, 15) is 0 Å². The molecule has 0 saturated heterocycles. The molecule has 2 heterocycles. The Morgan fingerprint density at radius 2 is 0.911 bits per heavy atom. The largest absolute Gasteiger partial charge is 0.381 e. The van der Waals surface area contributed by atoms with Gasteiger partial charge in [-0.2, -0.15) is 0 Å². The van der Waals surface area contributed by atoms with Crippen molar-refractivity contribution in [3.8, 4) is 77.9 Å². The average molecular weight is 713 g/mol. The Balaban J connectivity index is 1.12. The van der Waals surface area contributed by atoms with E-state index >= 15 is 0 Å². The SMILES string of the molecule is C1=CCNC(c2cc(-c3cc(-c4ccc5c6c(cccc46)-c4ccccc4-5)cc(-c4ccc5c6c(cccc46)-c4ccccc4-5)c3)cc(C3C=CC=CN3)c2)=C1. The van der Waals surface area contributed by atoms with Crippen LogP contribution in [-0.4, -0.2) is 6.54 Å². The fraction of sp³-hybridized carbons (Fsp3) is 0.0370. The maximum Gasteiger partial charge on any atom is 0.0696 e. The van der Waals surface area contributed by atoms with E-state index in [0.717, 1.165) is 12.2 Å². The number of dihydropyridines is 2. The molecule has 0 saturated carbocycles. The first kappa shape index (κ1) is 31.2. The van der Waals surface area contributed by atoms with Crippen LogP contribution in [-0.2, 0) is 0 Å². The topological polar surface area (TPSA) is 24.1 Å². The highest BCUT2D eigenvalue weighted by Gasteiger charge is 2.25. The van der Waals surface area contributed by atoms with Gasteiger partial charge in [0.25, 0.3) is 0 Å². The van der Waals surface area contributed by atoms with Gasteiger partial charge in [-0.15, -0.1) is 0 Å². The molecule has 8 aromatic carbocycles. The van der Waals surface area contributed by atoms with Crippen LogP contribution in [0.3, 0.4) is 0 Å². The smallest absolute Gasteiger partial charge is 0.0696 e. The summed E-state index contributed by atoms with van der Waals surface area (Å²) in [5, 5.41) is 12.5. The van der Waals surface area contributed by atoms with Crippen molar-refractivity contribution in [2.75, 3.05) is 6.54 Å². The Hall–Kier alpha value is -7.16. The fourth-order valence-electron chi connectivity index (χ4n) is 9.69. The minimum absolute atomic E-state index is 0.0809. The molecule has 2 aliphatic carbocycles. The molecule has 2 heteroatoms. The second-order valence-corrected chi connectivity index (χ2v) is 15.3. The highest BCUT2D eigenvalue weighted by Crippen LogP contribution is 2.52. The highest BCUT2D eigenvalue weighted by atomic mass is 14.9. The molecule has 0 bridgehead atoms. The number of nitrogens with one attached hydrogen (secondary N) is 2. The first-order valence-electron chi connectivity index (χ1n) is 19.6. The zero-order chi connectivity index (χ0) is 36.7. The zero-order valence-corrected chi connectivity index (χ0v) is 30.7. The van der Waals surface area contributed by atoms with Gasteiger partial charge in [-0.25, -0.2) is 0 Å². The number of rotatable bonds is 5. The summed E-state index contributed by atoms with van der Waals surface area (Å²) in [6.45, 7) is 0.819. The van der Waals surface area contributed by atoms with Crippen molar-refractivity contribution >= 4 is 27.2 Å². The lowest BCUT2D eigenvalue weighted by atomic mass is 9.87. The van der Waals surface area contributed by atoms with Gasteiger partial charge >= 0.3 is 0 Å². The van der Waals surface area contributed by atoms with Gasteiger partial charge in [0.1, 0.15) is 0 Å². The summed E-state index contributed by atoms with van der Waals surface area (Å²) in [6, 6.07) is 55.1. The van der Waals surface area contributed by atoms with Crippen LogP contribution in [0.5, 0.6) is 0 Å². The van der Waals surface area contributed by atoms with E-state index < -0.39 is 0 Å². The second-order valence-electron chi connectivity index (χ2n) is 15.3. The van der Waals surface area contributed by atoms with Crippen LogP contribution in [0.15, 0.2) is 188 Å². The van der Waals surface area contributed by atoms with Crippen LogP contribution in [0.1, 0.15) is 17.2 Å². The predicted molar refractivity (Wildman–Crippen MR) is 236 cm³/mol. The van der Waals surface area contributed by atoms with Crippen molar-refractivity contribution in [3.63, 3.8) is 0 Å². The van der Waals surface area contributed by atoms with Crippen molar-refractivity contribution in [1.82, 2.24) is 10.6 Å². The molecule has 1 unspecified atom stereocenters. The molecular formula is C54H36N2. The molecule has 1 atom stereocenters. The lowest BCUT2D eigenvalue weighted by Crippen LogP contribution is -2.17. The second kappa shape index (κ2) is 12.2. The standard InChI is InChI=1S/C54H36N2/c1-3-13-43-41(11-1)47-17-9-15-45-39(21-23-49(43)53(45)47)35-27-33(34-29-37(51-19-5-7-25-55-51)32-38(30-34)52-20-6-8-26-56-52)28-36(31-35)40-22-24-50-44-14-4-2-12-42(44)48-18-10-16-46(40)54(48)50/h1-25,27-32,51,55-56H,26H2. The summed E-state index contributed by atoms with van der Waals surface area (Å²) in [5.74, 6) is 0. The van der Waals surface area contributed by atoms with E-state index in [1.165, 1.54) is 111 Å². The van der Waals surface area contributed by atoms with Crippen molar-refractivity contribution < 1.29 is 0 Å². The van der Waals surface area contributed by atoms with E-state index in [4.69, 9.17) is 0 Å². The maximum atomic E-state index is 3.63. The van der Waals surface area contributed by atoms with Gasteiger partial charge in [0, 0.05) is 12.2 Å². The van der Waals surface area contributed by atoms with Gasteiger partial charge in [0.05, 0.1) is 6.04 Å². The first-order valence-corrected chi connectivity index (χ1v) is 19.6. The third kappa shape index (κ3) is 4.69. The van der Waals surface area contributed by atoms with Crippen molar-refractivity contribution in [3.05, 3.63) is 199 Å². The lowest BCUT2D eigenvalue weighted by Gasteiger charge is -2.21. The quantitative estimate of drug-likeness (QED) is 0.186. The van der Waals surface area contributed by atoms with Crippen LogP contribution in [0.2, 0.25) is 0 Å². The van der Waals surface area contributed by atoms with Crippen molar-refractivity contribution in [2.45, 2.75) is 6.04 Å². The van der Waals surface area contributed by atoms with Gasteiger partial charge in [-0.3, -0.25) is 0 Å². The number of allylic oxidation sites excluding steroid dienone is 4. The normalized spacial score (nSPS) is 15.4. The molecular weight excluding hydrogens is 677 g/mol. The van der Waals surface area contributed by atoms with E-state index in [2.05, 4.69) is 193 Å². The third-order valence-corrected chi connectivity index (χ3v) is 12.2. The number of hydrogen-bond donors (Lipinski definition) is 2. The molecule has 0 radical (unpaired) electrons. The van der Waals surface area contributed by atoms with Crippen LogP contribution in [0.25, 0.3) is 105 Å². The number of benzene rings is 8. The van der Waals surface area contributed by atoms with Crippen LogP contribution < -0.4 is 10.6 Å². The summed E-state index contributed by atoms with van der Waals surface area (Å²) < 4.78 is 0. The molecule has 0 fully saturated rings. The monoisotopic (exact) mass is 712 g/mol. The zero-order valence-electron chi connectivity index (χ0n) is 30.7. The number of hydrogen-bond acceptors (Lipinski definition) is 2. The molecule has 4 aliphatic rings. The Morgan fingerprint density at radius 1 is 0.411 bits per heavy atom. The van der Waals surface area contributed by atoms with Gasteiger partial charge in [-0.1, -0.05) is 133 Å². The van der Waals surface area contributed by atoms with E-state index in [1.807, 2.05) is 6.20 Å². The van der Waals surface area contributed by atoms with Crippen molar-refractivity contribution in [2.24, 2.45) is 0 Å². The van der Waals surface area contributed by atoms with Crippen LogP contribution >= 0.6 is 0 Å². The summed E-state index contributed by atoms with van der Waals surface area (Å²) in [5.41, 5.74) is 21.4. The molecule has 0 amide bonds. The van der Waals surface area contributed by atoms with Gasteiger partial charge in [0.2, 0.25) is 0 Å². The number of fused-ring (bicyclic) bond motifs is 6. The van der Waals surface area contributed by atoms with E-state index in [-0.39, 0.29) is 6.04 Å². The minimum atomic E-state index is 0.0809. The molecule has 8 aromatic rings. The molecule has 2 nitrogen and oxygen atoms in total. The van der Waals surface area contributed by atoms with Gasteiger partial charge in [0.15, 0.2) is 0 Å². The molecule has 12 rings (SSSR count). The fourth-order valence-corrected chi connectivity index (χ4v) is 9.69.